The first-order valence-electron chi connectivity index (χ1n) is 15.4. The summed E-state index contributed by atoms with van der Waals surface area (Å²) in [6.45, 7) is 6.28. The number of hydrogen-bond donors (Lipinski definition) is 0. The second-order valence-corrected chi connectivity index (χ2v) is 14.1. The van der Waals surface area contributed by atoms with Crippen LogP contribution in [0.25, 0.3) is 23.9 Å². The minimum absolute atomic E-state index is 0.285. The number of hydrogen-bond acceptors (Lipinski definition) is 5. The number of fused-ring (bicyclic) bond motifs is 1. The van der Waals surface area contributed by atoms with Crippen LogP contribution in [0.5, 0.6) is 0 Å². The van der Waals surface area contributed by atoms with Crippen LogP contribution in [0.15, 0.2) is 107 Å². The zero-order chi connectivity index (χ0) is 33.6. The standard InChI is InChI=1S/C39H29Cl2N5OS/c1-24-30(35(41)46(44-24)29-12-8-5-9-13-29)19-16-26-20-31-32(23-42)38(48-34(31)39(2,3)22-26)45-36(27-10-6-4-7-11-27)43-33(37(45)47)21-25-14-17-28(40)18-15-25/h4-21H,22H2,1-3H3/b19-16-,33-21+. The molecule has 0 spiro atoms. The van der Waals surface area contributed by atoms with E-state index < -0.39 is 0 Å². The van der Waals surface area contributed by atoms with Crippen LogP contribution in [0, 0.1) is 18.3 Å². The number of rotatable bonds is 6. The number of allylic oxidation sites excluding steroid dienone is 2. The molecular formula is C39H29Cl2N5OS. The number of carbonyl (C=O) groups excluding carboxylic acids is 1. The highest BCUT2D eigenvalue weighted by atomic mass is 35.5. The molecule has 2 aliphatic rings. The Morgan fingerprint density at radius 3 is 2.33 bits per heavy atom. The fourth-order valence-corrected chi connectivity index (χ4v) is 7.90. The smallest absolute Gasteiger partial charge is 0.266 e. The number of amidine groups is 1. The second kappa shape index (κ2) is 12.6. The Morgan fingerprint density at radius 2 is 1.65 bits per heavy atom. The minimum atomic E-state index is -0.305. The van der Waals surface area contributed by atoms with Crippen molar-refractivity contribution in [1.82, 2.24) is 9.78 Å². The largest absolute Gasteiger partial charge is 0.283 e. The highest BCUT2D eigenvalue weighted by Gasteiger charge is 2.40. The average Bonchev–Trinajstić information content (AvgIpc) is 3.71. The van der Waals surface area contributed by atoms with Crippen molar-refractivity contribution in [3.63, 3.8) is 0 Å². The van der Waals surface area contributed by atoms with Crippen LogP contribution in [0.4, 0.5) is 5.00 Å². The molecule has 0 saturated heterocycles. The molecule has 1 amide bonds. The van der Waals surface area contributed by atoms with Crippen molar-refractivity contribution in [2.75, 3.05) is 4.90 Å². The van der Waals surface area contributed by atoms with E-state index in [0.717, 1.165) is 50.5 Å². The Balaban J connectivity index is 1.30. The van der Waals surface area contributed by atoms with Crippen molar-refractivity contribution in [3.8, 4) is 11.8 Å². The lowest BCUT2D eigenvalue weighted by Gasteiger charge is -2.29. The summed E-state index contributed by atoms with van der Waals surface area (Å²) in [5.74, 6) is 0.194. The van der Waals surface area contributed by atoms with Crippen molar-refractivity contribution >= 4 is 69.5 Å². The van der Waals surface area contributed by atoms with Crippen LogP contribution < -0.4 is 4.90 Å². The highest BCUT2D eigenvalue weighted by Crippen LogP contribution is 2.50. The van der Waals surface area contributed by atoms with E-state index in [1.54, 1.807) is 27.8 Å². The van der Waals surface area contributed by atoms with Gasteiger partial charge in [-0.05, 0) is 67.0 Å². The molecule has 6 nitrogen and oxygen atoms in total. The first-order valence-corrected chi connectivity index (χ1v) is 16.9. The lowest BCUT2D eigenvalue weighted by Crippen LogP contribution is -2.32. The lowest BCUT2D eigenvalue weighted by molar-refractivity contribution is -0.113. The number of halogens is 2. The average molecular weight is 687 g/mol. The zero-order valence-corrected chi connectivity index (χ0v) is 28.7. The summed E-state index contributed by atoms with van der Waals surface area (Å²) in [6.07, 6.45) is 8.60. The Hall–Kier alpha value is -5.00. The summed E-state index contributed by atoms with van der Waals surface area (Å²) in [5.41, 5.74) is 6.42. The highest BCUT2D eigenvalue weighted by molar-refractivity contribution is 7.17. The summed E-state index contributed by atoms with van der Waals surface area (Å²) in [6, 6.07) is 29.1. The molecule has 2 aromatic heterocycles. The predicted octanol–water partition coefficient (Wildman–Crippen LogP) is 10.0. The molecule has 0 N–H and O–H groups in total. The molecule has 0 atom stereocenters. The van der Waals surface area contributed by atoms with Gasteiger partial charge in [0.1, 0.15) is 27.8 Å². The quantitative estimate of drug-likeness (QED) is 0.167. The summed E-state index contributed by atoms with van der Waals surface area (Å²) in [4.78, 5) is 21.6. The molecule has 0 saturated carbocycles. The van der Waals surface area contributed by atoms with E-state index in [1.165, 1.54) is 11.3 Å². The molecule has 0 fully saturated rings. The Bertz CT molecular complexity index is 2230. The number of anilines is 1. The van der Waals surface area contributed by atoms with Gasteiger partial charge < -0.3 is 0 Å². The summed E-state index contributed by atoms with van der Waals surface area (Å²) in [7, 11) is 0. The van der Waals surface area contributed by atoms with E-state index in [-0.39, 0.29) is 17.0 Å². The number of benzene rings is 3. The zero-order valence-electron chi connectivity index (χ0n) is 26.4. The summed E-state index contributed by atoms with van der Waals surface area (Å²) in [5, 5.41) is 17.0. The van der Waals surface area contributed by atoms with Gasteiger partial charge in [-0.2, -0.15) is 10.4 Å². The van der Waals surface area contributed by atoms with Gasteiger partial charge in [-0.3, -0.25) is 4.79 Å². The monoisotopic (exact) mass is 685 g/mol. The third-order valence-corrected chi connectivity index (χ3v) is 10.6. The number of aromatic nitrogens is 2. The predicted molar refractivity (Wildman–Crippen MR) is 197 cm³/mol. The number of nitrogens with zero attached hydrogens (tertiary/aromatic N) is 5. The Morgan fingerprint density at radius 1 is 0.958 bits per heavy atom. The van der Waals surface area contributed by atoms with Crippen molar-refractivity contribution in [1.29, 1.82) is 5.26 Å². The first kappa shape index (κ1) is 31.6. The lowest BCUT2D eigenvalue weighted by atomic mass is 9.77. The van der Waals surface area contributed by atoms with Crippen LogP contribution in [0.1, 0.15) is 58.7 Å². The van der Waals surface area contributed by atoms with Crippen LogP contribution in [0.3, 0.4) is 0 Å². The summed E-state index contributed by atoms with van der Waals surface area (Å²) >= 11 is 14.4. The SMILES string of the molecule is Cc1nn(-c2ccccc2)c(Cl)c1/C=C\C1=Cc2c(sc(N3C(=O)/C(=C\c4ccc(Cl)cc4)N=C3c3ccccc3)c2C#N)C(C)(C)C1. The van der Waals surface area contributed by atoms with Crippen LogP contribution in [-0.2, 0) is 10.2 Å². The number of aliphatic imine (C=N–C) groups is 1. The molecule has 3 aromatic carbocycles. The molecule has 5 aromatic rings. The van der Waals surface area contributed by atoms with Gasteiger partial charge in [0, 0.05) is 32.0 Å². The molecule has 48 heavy (non-hydrogen) atoms. The maximum absolute atomic E-state index is 14.2. The maximum atomic E-state index is 14.2. The van der Waals surface area contributed by atoms with Crippen LogP contribution in [-0.4, -0.2) is 21.5 Å². The molecule has 0 bridgehead atoms. The summed E-state index contributed by atoms with van der Waals surface area (Å²) < 4.78 is 1.74. The molecule has 1 aliphatic carbocycles. The topological polar surface area (TPSA) is 74.3 Å². The third-order valence-electron chi connectivity index (χ3n) is 8.41. The molecule has 7 rings (SSSR count). The van der Waals surface area contributed by atoms with E-state index in [9.17, 15) is 10.1 Å². The van der Waals surface area contributed by atoms with Crippen LogP contribution in [0.2, 0.25) is 10.2 Å². The normalized spacial score (nSPS) is 16.3. The van der Waals surface area contributed by atoms with Gasteiger partial charge >= 0.3 is 0 Å². The van der Waals surface area contributed by atoms with Crippen molar-refractivity contribution in [2.24, 2.45) is 4.99 Å². The molecule has 9 heteroatoms. The number of para-hydroxylation sites is 1. The van der Waals surface area contributed by atoms with E-state index in [1.807, 2.05) is 85.8 Å². The van der Waals surface area contributed by atoms with Gasteiger partial charge in [-0.15, -0.1) is 11.3 Å². The van der Waals surface area contributed by atoms with Gasteiger partial charge in [0.25, 0.3) is 5.91 Å². The number of thiophene rings is 1. The molecule has 1 aliphatic heterocycles. The fourth-order valence-electron chi connectivity index (χ4n) is 6.11. The van der Waals surface area contributed by atoms with Crippen molar-refractivity contribution in [2.45, 2.75) is 32.6 Å². The number of nitriles is 1. The second-order valence-electron chi connectivity index (χ2n) is 12.3. The van der Waals surface area contributed by atoms with E-state index in [2.05, 4.69) is 37.2 Å². The fraction of sp³-hybridized carbons (Fsp3) is 0.128. The van der Waals surface area contributed by atoms with Gasteiger partial charge in [0.05, 0.1) is 16.9 Å². The van der Waals surface area contributed by atoms with Gasteiger partial charge in [-0.25, -0.2) is 14.6 Å². The van der Waals surface area contributed by atoms with Crippen molar-refractivity contribution in [3.05, 3.63) is 151 Å². The first-order chi connectivity index (χ1) is 23.1. The Kier molecular flexibility index (Phi) is 8.26. The molecule has 0 radical (unpaired) electrons. The molecule has 236 valence electrons. The minimum Gasteiger partial charge on any atom is -0.266 e. The third kappa shape index (κ3) is 5.73. The van der Waals surface area contributed by atoms with Crippen molar-refractivity contribution < 1.29 is 4.79 Å². The number of amides is 1. The number of carbonyl (C=O) groups is 1. The van der Waals surface area contributed by atoms with Gasteiger partial charge in [0.2, 0.25) is 0 Å². The molecule has 0 unspecified atom stereocenters. The van der Waals surface area contributed by atoms with Gasteiger partial charge in [0.15, 0.2) is 0 Å². The molecular weight excluding hydrogens is 657 g/mol. The van der Waals surface area contributed by atoms with Gasteiger partial charge in [-0.1, -0.05) is 104 Å². The maximum Gasteiger partial charge on any atom is 0.283 e. The molecule has 3 heterocycles. The van der Waals surface area contributed by atoms with E-state index >= 15 is 0 Å². The number of aryl methyl sites for hydroxylation is 1. The Labute approximate surface area is 293 Å². The van der Waals surface area contributed by atoms with E-state index in [0.29, 0.717) is 26.6 Å². The van der Waals surface area contributed by atoms with Crippen LogP contribution >= 0.6 is 34.5 Å². The van der Waals surface area contributed by atoms with E-state index in [4.69, 9.17) is 28.2 Å².